The highest BCUT2D eigenvalue weighted by Crippen LogP contribution is 2.21. The van der Waals surface area contributed by atoms with Gasteiger partial charge in [0, 0.05) is 31.9 Å². The molecule has 0 fully saturated rings. The Balaban J connectivity index is 2.31. The number of nitrogens with zero attached hydrogens (tertiary/aromatic N) is 2. The molecule has 1 aliphatic rings. The zero-order chi connectivity index (χ0) is 12.4. The van der Waals surface area contributed by atoms with E-state index >= 15 is 0 Å². The minimum Gasteiger partial charge on any atom is -0.478 e. The van der Waals surface area contributed by atoms with Gasteiger partial charge in [0.25, 0.3) is 0 Å². The fourth-order valence-corrected chi connectivity index (χ4v) is 2.11. The molecule has 0 spiro atoms. The van der Waals surface area contributed by atoms with Gasteiger partial charge in [-0.15, -0.1) is 0 Å². The van der Waals surface area contributed by atoms with E-state index in [1.807, 2.05) is 6.92 Å². The first-order valence-corrected chi connectivity index (χ1v) is 5.60. The lowest BCUT2D eigenvalue weighted by Gasteiger charge is -2.29. The van der Waals surface area contributed by atoms with Crippen LogP contribution in [0.3, 0.4) is 0 Å². The lowest BCUT2D eigenvalue weighted by atomic mass is 9.97. The predicted molar refractivity (Wildman–Crippen MR) is 60.6 cm³/mol. The first-order chi connectivity index (χ1) is 8.13. The van der Waals surface area contributed by atoms with Gasteiger partial charge in [-0.3, -0.25) is 9.78 Å². The predicted octanol–water partition coefficient (Wildman–Crippen LogP) is 1.07. The molecule has 1 aromatic heterocycles. The van der Waals surface area contributed by atoms with Gasteiger partial charge in [-0.2, -0.15) is 0 Å². The molecule has 0 aliphatic carbocycles. The number of amides is 1. The van der Waals surface area contributed by atoms with Gasteiger partial charge in [0.15, 0.2) is 0 Å². The van der Waals surface area contributed by atoms with E-state index in [1.54, 1.807) is 11.1 Å². The molecule has 1 amide bonds. The SMILES string of the molecule is CCC(=O)N1CCc2c(cncc2C(=O)O)C1. The van der Waals surface area contributed by atoms with Gasteiger partial charge in [0.05, 0.1) is 5.56 Å². The van der Waals surface area contributed by atoms with Crippen molar-refractivity contribution >= 4 is 11.9 Å². The van der Waals surface area contributed by atoms with Crippen LogP contribution in [0.2, 0.25) is 0 Å². The largest absolute Gasteiger partial charge is 0.478 e. The van der Waals surface area contributed by atoms with Gasteiger partial charge >= 0.3 is 5.97 Å². The number of pyridine rings is 1. The lowest BCUT2D eigenvalue weighted by molar-refractivity contribution is -0.131. The number of hydrogen-bond donors (Lipinski definition) is 1. The van der Waals surface area contributed by atoms with Gasteiger partial charge in [-0.25, -0.2) is 4.79 Å². The summed E-state index contributed by atoms with van der Waals surface area (Å²) >= 11 is 0. The summed E-state index contributed by atoms with van der Waals surface area (Å²) in [5.41, 5.74) is 1.91. The van der Waals surface area contributed by atoms with Crippen LogP contribution in [0, 0.1) is 0 Å². The monoisotopic (exact) mass is 234 g/mol. The minimum absolute atomic E-state index is 0.0939. The summed E-state index contributed by atoms with van der Waals surface area (Å²) in [6.45, 7) is 2.88. The highest BCUT2D eigenvalue weighted by molar-refractivity contribution is 5.89. The third-order valence-electron chi connectivity index (χ3n) is 3.03. The zero-order valence-electron chi connectivity index (χ0n) is 9.64. The molecule has 1 N–H and O–H groups in total. The molecule has 0 saturated carbocycles. The Morgan fingerprint density at radius 1 is 1.47 bits per heavy atom. The maximum atomic E-state index is 11.6. The Kier molecular flexibility index (Phi) is 3.08. The number of carboxylic acids is 1. The zero-order valence-corrected chi connectivity index (χ0v) is 9.64. The van der Waals surface area contributed by atoms with E-state index in [4.69, 9.17) is 5.11 Å². The van der Waals surface area contributed by atoms with E-state index in [0.717, 1.165) is 11.1 Å². The molecule has 90 valence electrons. The molecule has 5 nitrogen and oxygen atoms in total. The van der Waals surface area contributed by atoms with E-state index in [9.17, 15) is 9.59 Å². The van der Waals surface area contributed by atoms with Crippen molar-refractivity contribution in [1.29, 1.82) is 0 Å². The summed E-state index contributed by atoms with van der Waals surface area (Å²) in [5.74, 6) is -0.860. The number of aromatic nitrogens is 1. The van der Waals surface area contributed by atoms with Crippen molar-refractivity contribution in [2.75, 3.05) is 6.54 Å². The quantitative estimate of drug-likeness (QED) is 0.831. The second kappa shape index (κ2) is 4.53. The highest BCUT2D eigenvalue weighted by atomic mass is 16.4. The smallest absolute Gasteiger partial charge is 0.337 e. The topological polar surface area (TPSA) is 70.5 Å². The van der Waals surface area contributed by atoms with Gasteiger partial charge in [-0.05, 0) is 17.5 Å². The summed E-state index contributed by atoms with van der Waals surface area (Å²) in [5, 5.41) is 9.04. The van der Waals surface area contributed by atoms with E-state index in [1.165, 1.54) is 6.20 Å². The average Bonchev–Trinajstić information content (AvgIpc) is 2.36. The molecule has 0 radical (unpaired) electrons. The normalized spacial score (nSPS) is 14.3. The number of carbonyl (C=O) groups is 2. The fraction of sp³-hybridized carbons (Fsp3) is 0.417. The fourth-order valence-electron chi connectivity index (χ4n) is 2.11. The summed E-state index contributed by atoms with van der Waals surface area (Å²) in [7, 11) is 0. The molecule has 17 heavy (non-hydrogen) atoms. The second-order valence-corrected chi connectivity index (χ2v) is 4.05. The molecule has 0 aromatic carbocycles. The summed E-state index contributed by atoms with van der Waals surface area (Å²) < 4.78 is 0. The van der Waals surface area contributed by atoms with Crippen LogP contribution in [0.4, 0.5) is 0 Å². The molecule has 2 heterocycles. The number of rotatable bonds is 2. The maximum absolute atomic E-state index is 11.6. The van der Waals surface area contributed by atoms with Crippen molar-refractivity contribution in [1.82, 2.24) is 9.88 Å². The molecule has 1 aromatic rings. The standard InChI is InChI=1S/C12H14N2O3/c1-2-11(15)14-4-3-9-8(7-14)5-13-6-10(9)12(16)17/h5-6H,2-4,7H2,1H3,(H,16,17). The summed E-state index contributed by atoms with van der Waals surface area (Å²) in [6, 6.07) is 0. The molecule has 0 atom stereocenters. The Morgan fingerprint density at radius 2 is 2.24 bits per heavy atom. The van der Waals surface area contributed by atoms with Crippen LogP contribution in [0.1, 0.15) is 34.8 Å². The Hall–Kier alpha value is -1.91. The molecule has 0 saturated heterocycles. The van der Waals surface area contributed by atoms with Crippen LogP contribution in [-0.4, -0.2) is 33.4 Å². The Labute approximate surface area is 99.1 Å². The maximum Gasteiger partial charge on any atom is 0.337 e. The van der Waals surface area contributed by atoms with Crippen molar-refractivity contribution < 1.29 is 14.7 Å². The molecule has 5 heteroatoms. The summed E-state index contributed by atoms with van der Waals surface area (Å²) in [4.78, 5) is 28.3. The molecular formula is C12H14N2O3. The van der Waals surface area contributed by atoms with Gasteiger partial charge in [0.2, 0.25) is 5.91 Å². The minimum atomic E-state index is -0.954. The number of carboxylic acid groups (broad SMARTS) is 1. The Morgan fingerprint density at radius 3 is 2.88 bits per heavy atom. The van der Waals surface area contributed by atoms with Gasteiger partial charge in [0.1, 0.15) is 0 Å². The Bertz CT molecular complexity index is 471. The lowest BCUT2D eigenvalue weighted by Crippen LogP contribution is -2.36. The molecule has 2 rings (SSSR count). The van der Waals surface area contributed by atoms with E-state index in [-0.39, 0.29) is 11.5 Å². The molecule has 0 unspecified atom stereocenters. The highest BCUT2D eigenvalue weighted by Gasteiger charge is 2.23. The van der Waals surface area contributed by atoms with Crippen LogP contribution in [-0.2, 0) is 17.8 Å². The van der Waals surface area contributed by atoms with Crippen molar-refractivity contribution in [3.05, 3.63) is 29.1 Å². The number of hydrogen-bond acceptors (Lipinski definition) is 3. The van der Waals surface area contributed by atoms with Crippen LogP contribution in [0.25, 0.3) is 0 Å². The van der Waals surface area contributed by atoms with E-state index < -0.39 is 5.97 Å². The first-order valence-electron chi connectivity index (χ1n) is 5.60. The van der Waals surface area contributed by atoms with Crippen LogP contribution in [0.15, 0.2) is 12.4 Å². The van der Waals surface area contributed by atoms with Crippen molar-refractivity contribution in [3.8, 4) is 0 Å². The van der Waals surface area contributed by atoms with E-state index in [0.29, 0.717) is 25.9 Å². The van der Waals surface area contributed by atoms with Crippen molar-refractivity contribution in [3.63, 3.8) is 0 Å². The van der Waals surface area contributed by atoms with Gasteiger partial charge in [-0.1, -0.05) is 6.92 Å². The molecular weight excluding hydrogens is 220 g/mol. The number of aromatic carboxylic acids is 1. The average molecular weight is 234 g/mol. The third kappa shape index (κ3) is 2.13. The first kappa shape index (κ1) is 11.6. The second-order valence-electron chi connectivity index (χ2n) is 4.05. The van der Waals surface area contributed by atoms with E-state index in [2.05, 4.69) is 4.98 Å². The van der Waals surface area contributed by atoms with Crippen LogP contribution in [0.5, 0.6) is 0 Å². The summed E-state index contributed by atoms with van der Waals surface area (Å²) in [6.07, 6.45) is 4.09. The number of carbonyl (C=O) groups excluding carboxylic acids is 1. The van der Waals surface area contributed by atoms with Crippen molar-refractivity contribution in [2.24, 2.45) is 0 Å². The van der Waals surface area contributed by atoms with Crippen LogP contribution >= 0.6 is 0 Å². The van der Waals surface area contributed by atoms with Gasteiger partial charge < -0.3 is 10.0 Å². The van der Waals surface area contributed by atoms with Crippen LogP contribution < -0.4 is 0 Å². The number of fused-ring (bicyclic) bond motifs is 1. The third-order valence-corrected chi connectivity index (χ3v) is 3.03. The van der Waals surface area contributed by atoms with Crippen molar-refractivity contribution in [2.45, 2.75) is 26.3 Å². The molecule has 1 aliphatic heterocycles. The molecule has 0 bridgehead atoms.